The molecule has 0 spiro atoms. The van der Waals surface area contributed by atoms with Crippen molar-refractivity contribution in [3.8, 4) is 17.1 Å². The molecule has 0 bridgehead atoms. The van der Waals surface area contributed by atoms with E-state index in [0.29, 0.717) is 11.0 Å². The van der Waals surface area contributed by atoms with E-state index in [1.54, 1.807) is 12.5 Å². The van der Waals surface area contributed by atoms with Gasteiger partial charge in [0.15, 0.2) is 11.0 Å². The molecule has 0 aliphatic heterocycles. The van der Waals surface area contributed by atoms with E-state index in [2.05, 4.69) is 36.7 Å². The molecule has 0 aliphatic rings. The number of amides is 1. The Morgan fingerprint density at radius 2 is 1.91 bits per heavy atom. The van der Waals surface area contributed by atoms with Crippen LogP contribution in [0, 0.1) is 0 Å². The molecule has 2 aromatic heterocycles. The van der Waals surface area contributed by atoms with Crippen molar-refractivity contribution in [2.24, 2.45) is 5.10 Å². The quantitative estimate of drug-likeness (QED) is 0.185. The van der Waals surface area contributed by atoms with Gasteiger partial charge in [-0.25, -0.2) is 5.43 Å². The number of carbonyl (C=O) groups excluding carboxylic acids is 1. The summed E-state index contributed by atoms with van der Waals surface area (Å²) in [6, 6.07) is 21.3. The summed E-state index contributed by atoms with van der Waals surface area (Å²) in [4.78, 5) is 12.3. The first-order chi connectivity index (χ1) is 16.1. The number of nitrogens with one attached hydrogen (secondary N) is 1. The largest absolute Gasteiger partial charge is 0.465 e. The minimum atomic E-state index is -0.242. The molecule has 0 atom stereocenters. The number of hydrazone groups is 1. The number of hydrogen-bond donors (Lipinski definition) is 1. The van der Waals surface area contributed by atoms with Crippen LogP contribution < -0.4 is 5.43 Å². The number of hydrogen-bond acceptors (Lipinski definition) is 6. The van der Waals surface area contributed by atoms with Crippen molar-refractivity contribution in [2.45, 2.75) is 12.1 Å². The lowest BCUT2D eigenvalue weighted by atomic mass is 10.2. The van der Waals surface area contributed by atoms with Crippen molar-refractivity contribution in [1.29, 1.82) is 0 Å². The molecule has 7 nitrogen and oxygen atoms in total. The number of benzene rings is 2. The van der Waals surface area contributed by atoms with Crippen LogP contribution in [0.1, 0.15) is 12.7 Å². The van der Waals surface area contributed by atoms with Crippen LogP contribution in [0.15, 0.2) is 97.7 Å². The molecule has 4 rings (SSSR count). The Morgan fingerprint density at radius 1 is 1.12 bits per heavy atom. The van der Waals surface area contributed by atoms with Gasteiger partial charge in [0.2, 0.25) is 0 Å². The molecule has 1 N–H and O–H groups in total. The number of thioether (sulfide) groups is 1. The van der Waals surface area contributed by atoms with Gasteiger partial charge >= 0.3 is 0 Å². The molecule has 2 heterocycles. The average molecular weight is 522 g/mol. The summed E-state index contributed by atoms with van der Waals surface area (Å²) in [6.45, 7) is 1.87. The van der Waals surface area contributed by atoms with Crippen LogP contribution in [-0.4, -0.2) is 32.6 Å². The third-order valence-electron chi connectivity index (χ3n) is 4.45. The number of halogens is 1. The minimum Gasteiger partial charge on any atom is -0.465 e. The standard InChI is InChI=1S/C24H20BrN5O2S/c1-17(14-21-8-5-13-32-21)15-26-27-22(31)16-33-24-29-28-23(18-6-3-2-4-7-18)30(24)20-11-9-19(25)10-12-20/h2-15H,16H2,1H3,(H,27,31)/b17-14+,26-15-. The molecule has 0 saturated heterocycles. The fourth-order valence-corrected chi connectivity index (χ4v) is 3.97. The highest BCUT2D eigenvalue weighted by Gasteiger charge is 2.17. The Bertz CT molecular complexity index is 1270. The van der Waals surface area contributed by atoms with Crippen LogP contribution in [0.5, 0.6) is 0 Å². The van der Waals surface area contributed by atoms with Gasteiger partial charge in [0.25, 0.3) is 5.91 Å². The van der Waals surface area contributed by atoms with Gasteiger partial charge < -0.3 is 4.42 Å². The van der Waals surface area contributed by atoms with Crippen molar-refractivity contribution < 1.29 is 9.21 Å². The Hall–Kier alpha value is -3.43. The maximum Gasteiger partial charge on any atom is 0.250 e. The van der Waals surface area contributed by atoms with E-state index in [1.165, 1.54) is 11.8 Å². The lowest BCUT2D eigenvalue weighted by Crippen LogP contribution is -2.20. The predicted molar refractivity (Wildman–Crippen MR) is 134 cm³/mol. The number of aromatic nitrogens is 3. The smallest absolute Gasteiger partial charge is 0.250 e. The molecular weight excluding hydrogens is 502 g/mol. The summed E-state index contributed by atoms with van der Waals surface area (Å²) >= 11 is 4.76. The number of allylic oxidation sites excluding steroid dienone is 1. The Morgan fingerprint density at radius 3 is 2.64 bits per heavy atom. The molecule has 9 heteroatoms. The average Bonchev–Trinajstić information content (AvgIpc) is 3.49. The normalized spacial score (nSPS) is 11.8. The zero-order valence-electron chi connectivity index (χ0n) is 17.7. The Labute approximate surface area is 203 Å². The van der Waals surface area contributed by atoms with E-state index in [0.717, 1.165) is 27.1 Å². The van der Waals surface area contributed by atoms with Gasteiger partial charge in [0.05, 0.1) is 18.2 Å². The molecule has 33 heavy (non-hydrogen) atoms. The third kappa shape index (κ3) is 6.09. The van der Waals surface area contributed by atoms with E-state index in [1.807, 2.05) is 84.3 Å². The van der Waals surface area contributed by atoms with Crippen molar-refractivity contribution in [1.82, 2.24) is 20.2 Å². The van der Waals surface area contributed by atoms with E-state index in [9.17, 15) is 4.79 Å². The molecular formula is C24H20BrN5O2S. The summed E-state index contributed by atoms with van der Waals surface area (Å²) in [5.74, 6) is 1.33. The number of furan rings is 1. The lowest BCUT2D eigenvalue weighted by Gasteiger charge is -2.10. The van der Waals surface area contributed by atoms with Crippen molar-refractivity contribution in [2.75, 3.05) is 5.75 Å². The van der Waals surface area contributed by atoms with Gasteiger partial charge in [-0.2, -0.15) is 5.10 Å². The van der Waals surface area contributed by atoms with Crippen LogP contribution >= 0.6 is 27.7 Å². The second-order valence-electron chi connectivity index (χ2n) is 6.97. The highest BCUT2D eigenvalue weighted by Crippen LogP contribution is 2.28. The highest BCUT2D eigenvalue weighted by atomic mass is 79.9. The second kappa shape index (κ2) is 10.9. The van der Waals surface area contributed by atoms with Gasteiger partial charge in [-0.15, -0.1) is 10.2 Å². The number of carbonyl (C=O) groups is 1. The Kier molecular flexibility index (Phi) is 7.54. The van der Waals surface area contributed by atoms with E-state index < -0.39 is 0 Å². The molecule has 2 aromatic carbocycles. The maximum atomic E-state index is 12.3. The SMILES string of the molecule is CC(/C=N\NC(=O)CSc1nnc(-c2ccccc2)n1-c1ccc(Br)cc1)=C\c1ccco1. The summed E-state index contributed by atoms with van der Waals surface area (Å²) in [7, 11) is 0. The lowest BCUT2D eigenvalue weighted by molar-refractivity contribution is -0.118. The first kappa shape index (κ1) is 22.8. The molecule has 0 unspecified atom stereocenters. The summed E-state index contributed by atoms with van der Waals surface area (Å²) in [6.07, 6.45) is 5.00. The first-order valence-electron chi connectivity index (χ1n) is 10.0. The maximum absolute atomic E-state index is 12.3. The minimum absolute atomic E-state index is 0.141. The van der Waals surface area contributed by atoms with Crippen molar-refractivity contribution in [3.05, 3.63) is 88.8 Å². The molecule has 0 fully saturated rings. The molecule has 0 saturated carbocycles. The molecule has 4 aromatic rings. The first-order valence-corrected chi connectivity index (χ1v) is 11.8. The van der Waals surface area contributed by atoms with Crippen LogP contribution in [0.25, 0.3) is 23.2 Å². The summed E-state index contributed by atoms with van der Waals surface area (Å²) in [5, 5.41) is 13.4. The van der Waals surface area contributed by atoms with E-state index in [4.69, 9.17) is 4.42 Å². The van der Waals surface area contributed by atoms with Crippen LogP contribution in [0.3, 0.4) is 0 Å². The van der Waals surface area contributed by atoms with Crippen LogP contribution in [-0.2, 0) is 4.79 Å². The van der Waals surface area contributed by atoms with Gasteiger partial charge in [-0.1, -0.05) is 58.0 Å². The monoisotopic (exact) mass is 521 g/mol. The second-order valence-corrected chi connectivity index (χ2v) is 8.83. The third-order valence-corrected chi connectivity index (χ3v) is 5.91. The Balaban J connectivity index is 1.46. The topological polar surface area (TPSA) is 85.3 Å². The number of nitrogens with zero attached hydrogens (tertiary/aromatic N) is 4. The molecule has 0 aliphatic carbocycles. The van der Waals surface area contributed by atoms with Gasteiger partial charge in [0, 0.05) is 15.7 Å². The van der Waals surface area contributed by atoms with Gasteiger partial charge in [0.1, 0.15) is 5.76 Å². The summed E-state index contributed by atoms with van der Waals surface area (Å²) < 4.78 is 8.18. The molecule has 0 radical (unpaired) electrons. The van der Waals surface area contributed by atoms with Crippen molar-refractivity contribution >= 4 is 45.9 Å². The van der Waals surface area contributed by atoms with Crippen LogP contribution in [0.2, 0.25) is 0 Å². The number of rotatable bonds is 8. The van der Waals surface area contributed by atoms with E-state index in [-0.39, 0.29) is 11.7 Å². The summed E-state index contributed by atoms with van der Waals surface area (Å²) in [5.41, 5.74) is 5.23. The fraction of sp³-hybridized carbons (Fsp3) is 0.0833. The van der Waals surface area contributed by atoms with Gasteiger partial charge in [-0.05, 0) is 55.0 Å². The fourth-order valence-electron chi connectivity index (χ4n) is 2.96. The molecule has 166 valence electrons. The molecule has 1 amide bonds. The highest BCUT2D eigenvalue weighted by molar-refractivity contribution is 9.10. The van der Waals surface area contributed by atoms with Crippen LogP contribution in [0.4, 0.5) is 0 Å². The van der Waals surface area contributed by atoms with E-state index >= 15 is 0 Å². The zero-order valence-corrected chi connectivity index (χ0v) is 20.1. The zero-order chi connectivity index (χ0) is 23.0. The predicted octanol–water partition coefficient (Wildman–Crippen LogP) is 5.59. The van der Waals surface area contributed by atoms with Crippen molar-refractivity contribution in [3.63, 3.8) is 0 Å². The van der Waals surface area contributed by atoms with Gasteiger partial charge in [-0.3, -0.25) is 9.36 Å².